The summed E-state index contributed by atoms with van der Waals surface area (Å²) >= 11 is 0. The highest BCUT2D eigenvalue weighted by molar-refractivity contribution is 5.92. The molecule has 1 aromatic carbocycles. The van der Waals surface area contributed by atoms with Crippen molar-refractivity contribution in [3.63, 3.8) is 0 Å². The van der Waals surface area contributed by atoms with Gasteiger partial charge < -0.3 is 19.5 Å². The van der Waals surface area contributed by atoms with Crippen LogP contribution in [0.3, 0.4) is 0 Å². The fourth-order valence-corrected chi connectivity index (χ4v) is 2.78. The van der Waals surface area contributed by atoms with Crippen molar-refractivity contribution in [1.29, 1.82) is 0 Å². The number of rotatable bonds is 7. The van der Waals surface area contributed by atoms with Gasteiger partial charge in [0.1, 0.15) is 5.75 Å². The molecule has 6 nitrogen and oxygen atoms in total. The molecule has 1 saturated heterocycles. The number of hydrogen-bond donors (Lipinski definition) is 1. The summed E-state index contributed by atoms with van der Waals surface area (Å²) in [5, 5.41) is 8.89. The van der Waals surface area contributed by atoms with E-state index in [2.05, 4.69) is 4.74 Å². The van der Waals surface area contributed by atoms with Gasteiger partial charge in [-0.05, 0) is 25.0 Å². The van der Waals surface area contributed by atoms with Crippen LogP contribution in [0.15, 0.2) is 30.3 Å². The smallest absolute Gasteiger partial charge is 0.481 e. The van der Waals surface area contributed by atoms with E-state index in [-0.39, 0.29) is 24.6 Å². The Morgan fingerprint density at radius 1 is 1.26 bits per heavy atom. The molecule has 9 heteroatoms. The summed E-state index contributed by atoms with van der Waals surface area (Å²) < 4.78 is 46.6. The molecule has 1 amide bonds. The Labute approximate surface area is 154 Å². The van der Waals surface area contributed by atoms with Crippen LogP contribution >= 0.6 is 0 Å². The monoisotopic (exact) mass is 387 g/mol. The second kappa shape index (κ2) is 9.40. The van der Waals surface area contributed by atoms with E-state index in [4.69, 9.17) is 9.84 Å². The Morgan fingerprint density at radius 2 is 1.93 bits per heavy atom. The number of benzene rings is 1. The molecule has 1 aliphatic heterocycles. The van der Waals surface area contributed by atoms with Gasteiger partial charge in [-0.15, -0.1) is 13.2 Å². The van der Waals surface area contributed by atoms with Crippen molar-refractivity contribution >= 4 is 18.0 Å². The van der Waals surface area contributed by atoms with Gasteiger partial charge in [0.05, 0.1) is 6.42 Å². The molecule has 0 bridgehead atoms. The Morgan fingerprint density at radius 3 is 2.56 bits per heavy atom. The molecular weight excluding hydrogens is 367 g/mol. The molecule has 0 aliphatic carbocycles. The minimum absolute atomic E-state index is 0.0177. The van der Waals surface area contributed by atoms with Crippen LogP contribution in [-0.4, -0.2) is 54.0 Å². The Bertz CT molecular complexity index is 684. The second-order valence-electron chi connectivity index (χ2n) is 5.94. The van der Waals surface area contributed by atoms with Gasteiger partial charge in [-0.1, -0.05) is 18.2 Å². The van der Waals surface area contributed by atoms with Gasteiger partial charge in [0, 0.05) is 37.4 Å². The summed E-state index contributed by atoms with van der Waals surface area (Å²) in [7, 11) is 0. The number of hydrogen-bond acceptors (Lipinski definition) is 4. The average Bonchev–Trinajstić information content (AvgIpc) is 2.60. The number of carbonyl (C=O) groups is 2. The largest absolute Gasteiger partial charge is 0.573 e. The number of carboxylic acids is 1. The topological polar surface area (TPSA) is 76.1 Å². The molecule has 0 saturated carbocycles. The van der Waals surface area contributed by atoms with Crippen LogP contribution < -0.4 is 4.74 Å². The van der Waals surface area contributed by atoms with Gasteiger partial charge in [-0.3, -0.25) is 9.59 Å². The van der Waals surface area contributed by atoms with E-state index in [9.17, 15) is 22.8 Å². The van der Waals surface area contributed by atoms with E-state index in [1.807, 2.05) is 0 Å². The first kappa shape index (κ1) is 20.8. The summed E-state index contributed by atoms with van der Waals surface area (Å²) in [5.74, 6) is -1.92. The molecule has 0 spiro atoms. The highest BCUT2D eigenvalue weighted by atomic mass is 19.4. The lowest BCUT2D eigenvalue weighted by molar-refractivity contribution is -0.274. The summed E-state index contributed by atoms with van der Waals surface area (Å²) in [6.07, 6.45) is -1.54. The van der Waals surface area contributed by atoms with Gasteiger partial charge in [0.2, 0.25) is 5.91 Å². The molecule has 1 fully saturated rings. The molecule has 0 aromatic heterocycles. The Kier molecular flexibility index (Phi) is 7.23. The molecular formula is C18H20F3NO5. The Balaban J connectivity index is 2.14. The number of carboxylic acid groups (broad SMARTS) is 1. The average molecular weight is 387 g/mol. The fourth-order valence-electron chi connectivity index (χ4n) is 2.78. The number of nitrogens with zero attached hydrogens (tertiary/aromatic N) is 1. The van der Waals surface area contributed by atoms with Crippen LogP contribution in [0.2, 0.25) is 0 Å². The van der Waals surface area contributed by atoms with E-state index in [0.29, 0.717) is 26.1 Å². The highest BCUT2D eigenvalue weighted by Gasteiger charge is 2.32. The number of ether oxygens (including phenoxy) is 2. The van der Waals surface area contributed by atoms with Gasteiger partial charge in [0.15, 0.2) is 0 Å². The molecule has 0 radical (unpaired) electrons. The molecule has 1 heterocycles. The lowest BCUT2D eigenvalue weighted by atomic mass is 10.1. The first-order valence-corrected chi connectivity index (χ1v) is 8.39. The minimum atomic E-state index is -4.84. The molecule has 0 atom stereocenters. The predicted octanol–water partition coefficient (Wildman–Crippen LogP) is 3.08. The van der Waals surface area contributed by atoms with Crippen molar-refractivity contribution in [2.24, 2.45) is 0 Å². The number of alkyl halides is 3. The number of halogens is 3. The zero-order chi connectivity index (χ0) is 19.9. The van der Waals surface area contributed by atoms with Gasteiger partial charge >= 0.3 is 12.3 Å². The van der Waals surface area contributed by atoms with Crippen LogP contribution in [0.4, 0.5) is 13.2 Å². The number of para-hydroxylation sites is 1. The third-order valence-electron chi connectivity index (χ3n) is 4.03. The van der Waals surface area contributed by atoms with Gasteiger partial charge in [0.25, 0.3) is 0 Å². The third kappa shape index (κ3) is 6.93. The maximum absolute atomic E-state index is 12.6. The second-order valence-corrected chi connectivity index (χ2v) is 5.94. The van der Waals surface area contributed by atoms with E-state index < -0.39 is 24.0 Å². The van der Waals surface area contributed by atoms with Crippen molar-refractivity contribution in [1.82, 2.24) is 4.90 Å². The standard InChI is InChI=1S/C18H20F3NO5/c19-18(20,21)27-15-4-2-1-3-13(15)5-6-16(23)22(10-7-17(24)25)14-8-11-26-12-9-14/h1-6,14H,7-12H2,(H,24,25). The first-order valence-electron chi connectivity index (χ1n) is 8.39. The predicted molar refractivity (Wildman–Crippen MR) is 90.0 cm³/mol. The maximum atomic E-state index is 12.6. The maximum Gasteiger partial charge on any atom is 0.573 e. The van der Waals surface area contributed by atoms with Gasteiger partial charge in [-0.2, -0.15) is 0 Å². The summed E-state index contributed by atoms with van der Waals surface area (Å²) in [6, 6.07) is 5.28. The SMILES string of the molecule is O=C(O)CCN(C(=O)C=Cc1ccccc1OC(F)(F)F)C1CCOCC1. The minimum Gasteiger partial charge on any atom is -0.481 e. The molecule has 0 unspecified atom stereocenters. The Hall–Kier alpha value is -2.55. The van der Waals surface area contributed by atoms with E-state index in [1.165, 1.54) is 29.2 Å². The normalized spacial score (nSPS) is 15.7. The van der Waals surface area contributed by atoms with E-state index >= 15 is 0 Å². The third-order valence-corrected chi connectivity index (χ3v) is 4.03. The summed E-state index contributed by atoms with van der Waals surface area (Å²) in [4.78, 5) is 24.9. The van der Waals surface area contributed by atoms with Crippen molar-refractivity contribution in [3.05, 3.63) is 35.9 Å². The van der Waals surface area contributed by atoms with Crippen LogP contribution in [0.25, 0.3) is 6.08 Å². The number of amides is 1. The van der Waals surface area contributed by atoms with Crippen LogP contribution in [0.1, 0.15) is 24.8 Å². The summed E-state index contributed by atoms with van der Waals surface area (Å²) in [6.45, 7) is 0.949. The fraction of sp³-hybridized carbons (Fsp3) is 0.444. The van der Waals surface area contributed by atoms with Crippen molar-refractivity contribution < 1.29 is 37.3 Å². The van der Waals surface area contributed by atoms with Crippen LogP contribution in [0.5, 0.6) is 5.75 Å². The number of carbonyl (C=O) groups excluding carboxylic acids is 1. The molecule has 27 heavy (non-hydrogen) atoms. The molecule has 1 aromatic rings. The van der Waals surface area contributed by atoms with Crippen molar-refractivity contribution in [3.8, 4) is 5.75 Å². The first-order chi connectivity index (χ1) is 12.8. The lowest BCUT2D eigenvalue weighted by Gasteiger charge is -2.33. The zero-order valence-corrected chi connectivity index (χ0v) is 14.4. The molecule has 148 valence electrons. The van der Waals surface area contributed by atoms with E-state index in [1.54, 1.807) is 0 Å². The van der Waals surface area contributed by atoms with Crippen LogP contribution in [0, 0.1) is 0 Å². The highest BCUT2D eigenvalue weighted by Crippen LogP contribution is 2.27. The molecule has 1 N–H and O–H groups in total. The molecule has 2 rings (SSSR count). The van der Waals surface area contributed by atoms with E-state index in [0.717, 1.165) is 12.1 Å². The number of aliphatic carboxylic acids is 1. The zero-order valence-electron chi connectivity index (χ0n) is 14.4. The molecule has 1 aliphatic rings. The summed E-state index contributed by atoms with van der Waals surface area (Å²) in [5.41, 5.74) is 0.0911. The van der Waals surface area contributed by atoms with Crippen LogP contribution in [-0.2, 0) is 14.3 Å². The van der Waals surface area contributed by atoms with Gasteiger partial charge in [-0.25, -0.2) is 0 Å². The van der Waals surface area contributed by atoms with Crippen molar-refractivity contribution in [2.75, 3.05) is 19.8 Å². The van der Waals surface area contributed by atoms with Crippen molar-refractivity contribution in [2.45, 2.75) is 31.7 Å². The quantitative estimate of drug-likeness (QED) is 0.728. The lowest BCUT2D eigenvalue weighted by Crippen LogP contribution is -2.43.